The number of hydrazone groups is 1. The monoisotopic (exact) mass is 436 g/mol. The van der Waals surface area contributed by atoms with E-state index in [1.165, 1.54) is 6.21 Å². The third kappa shape index (κ3) is 5.37. The molecule has 3 aromatic rings. The van der Waals surface area contributed by atoms with Crippen LogP contribution in [0.25, 0.3) is 0 Å². The summed E-state index contributed by atoms with van der Waals surface area (Å²) in [6, 6.07) is 21.0. The third-order valence-electron chi connectivity index (χ3n) is 3.84. The van der Waals surface area contributed by atoms with Crippen LogP contribution < -0.4 is 10.2 Å². The molecule has 1 N–H and O–H groups in total. The van der Waals surface area contributed by atoms with E-state index in [2.05, 4.69) is 26.5 Å². The molecule has 0 aliphatic carbocycles. The fourth-order valence-corrected chi connectivity index (χ4v) is 2.74. The first-order chi connectivity index (χ1) is 13.5. The molecule has 0 bridgehead atoms. The van der Waals surface area contributed by atoms with Gasteiger partial charge in [0.1, 0.15) is 5.75 Å². The highest BCUT2D eigenvalue weighted by molar-refractivity contribution is 9.10. The lowest BCUT2D eigenvalue weighted by atomic mass is 10.1. The van der Waals surface area contributed by atoms with Gasteiger partial charge in [-0.15, -0.1) is 0 Å². The smallest absolute Gasteiger partial charge is 0.343 e. The van der Waals surface area contributed by atoms with Crippen molar-refractivity contribution in [2.24, 2.45) is 5.10 Å². The molecule has 0 aliphatic rings. The Morgan fingerprint density at radius 3 is 2.36 bits per heavy atom. The molecule has 0 saturated carbocycles. The fourth-order valence-electron chi connectivity index (χ4n) is 2.34. The van der Waals surface area contributed by atoms with Gasteiger partial charge in [-0.25, -0.2) is 10.2 Å². The summed E-state index contributed by atoms with van der Waals surface area (Å²) in [6.07, 6.45) is 1.52. The number of ether oxygens (including phenoxy) is 1. The summed E-state index contributed by atoms with van der Waals surface area (Å²) >= 11 is 3.33. The molecule has 0 atom stereocenters. The van der Waals surface area contributed by atoms with Crippen LogP contribution in [-0.4, -0.2) is 18.1 Å². The predicted octanol–water partition coefficient (Wildman–Crippen LogP) is 4.74. The number of rotatable bonds is 5. The summed E-state index contributed by atoms with van der Waals surface area (Å²) in [5.74, 6) is -0.297. The zero-order valence-electron chi connectivity index (χ0n) is 15.1. The first-order valence-electron chi connectivity index (χ1n) is 8.49. The molecule has 5 nitrogen and oxygen atoms in total. The highest BCUT2D eigenvalue weighted by atomic mass is 79.9. The van der Waals surface area contributed by atoms with Crippen LogP contribution in [0.4, 0.5) is 0 Å². The molecule has 0 unspecified atom stereocenters. The first kappa shape index (κ1) is 19.5. The number of hydrogen-bond acceptors (Lipinski definition) is 4. The fraction of sp³-hybridized carbons (Fsp3) is 0.0455. The van der Waals surface area contributed by atoms with Crippen molar-refractivity contribution >= 4 is 34.0 Å². The van der Waals surface area contributed by atoms with E-state index in [0.29, 0.717) is 16.9 Å². The summed E-state index contributed by atoms with van der Waals surface area (Å²) < 4.78 is 6.15. The Morgan fingerprint density at radius 1 is 0.964 bits per heavy atom. The Morgan fingerprint density at radius 2 is 1.68 bits per heavy atom. The Hall–Kier alpha value is -3.25. The van der Waals surface area contributed by atoms with E-state index in [-0.39, 0.29) is 5.91 Å². The number of hydrogen-bond donors (Lipinski definition) is 1. The van der Waals surface area contributed by atoms with E-state index in [9.17, 15) is 9.59 Å². The van der Waals surface area contributed by atoms with E-state index in [1.54, 1.807) is 54.6 Å². The summed E-state index contributed by atoms with van der Waals surface area (Å²) in [6.45, 7) is 1.96. The summed E-state index contributed by atoms with van der Waals surface area (Å²) in [4.78, 5) is 24.1. The number of carbonyl (C=O) groups is 2. The number of esters is 1. The van der Waals surface area contributed by atoms with Crippen molar-refractivity contribution in [2.75, 3.05) is 0 Å². The van der Waals surface area contributed by atoms with E-state index in [1.807, 2.05) is 25.1 Å². The maximum absolute atomic E-state index is 12.1. The van der Waals surface area contributed by atoms with Gasteiger partial charge in [0.2, 0.25) is 0 Å². The van der Waals surface area contributed by atoms with Crippen LogP contribution in [-0.2, 0) is 0 Å². The summed E-state index contributed by atoms with van der Waals surface area (Å²) in [5.41, 5.74) is 5.32. The summed E-state index contributed by atoms with van der Waals surface area (Å²) in [5, 5.41) is 3.95. The molecular formula is C22H17BrN2O3. The number of benzene rings is 3. The standard InChI is InChI=1S/C22H17BrN2O3/c1-15-5-9-17(10-6-15)21(26)25-24-14-16-7-11-20(12-8-16)28-22(27)18-3-2-4-19(23)13-18/h2-14H,1H3,(H,25,26)/b24-14+. The number of aryl methyl sites for hydroxylation is 1. The zero-order chi connectivity index (χ0) is 19.9. The van der Waals surface area contributed by atoms with Crippen molar-refractivity contribution < 1.29 is 14.3 Å². The maximum Gasteiger partial charge on any atom is 0.343 e. The molecule has 1 amide bonds. The van der Waals surface area contributed by atoms with Crippen molar-refractivity contribution in [3.8, 4) is 5.75 Å². The van der Waals surface area contributed by atoms with Gasteiger partial charge in [0.05, 0.1) is 11.8 Å². The van der Waals surface area contributed by atoms with Crippen molar-refractivity contribution in [3.05, 3.63) is 99.5 Å². The third-order valence-corrected chi connectivity index (χ3v) is 4.34. The van der Waals surface area contributed by atoms with Gasteiger partial charge >= 0.3 is 5.97 Å². The molecule has 0 aliphatic heterocycles. The zero-order valence-corrected chi connectivity index (χ0v) is 16.6. The van der Waals surface area contributed by atoms with Crippen LogP contribution in [0.2, 0.25) is 0 Å². The van der Waals surface area contributed by atoms with E-state index >= 15 is 0 Å². The Labute approximate surface area is 171 Å². The van der Waals surface area contributed by atoms with Crippen molar-refractivity contribution in [2.45, 2.75) is 6.92 Å². The van der Waals surface area contributed by atoms with Crippen LogP contribution in [0.3, 0.4) is 0 Å². The molecule has 140 valence electrons. The number of nitrogens with one attached hydrogen (secondary N) is 1. The van der Waals surface area contributed by atoms with Crippen LogP contribution >= 0.6 is 15.9 Å². The van der Waals surface area contributed by atoms with Gasteiger partial charge in [0.25, 0.3) is 5.91 Å². The molecule has 0 aromatic heterocycles. The van der Waals surface area contributed by atoms with Crippen LogP contribution in [0.1, 0.15) is 31.8 Å². The second-order valence-electron chi connectivity index (χ2n) is 6.03. The Balaban J connectivity index is 1.56. The topological polar surface area (TPSA) is 67.8 Å². The van der Waals surface area contributed by atoms with Gasteiger partial charge in [-0.3, -0.25) is 4.79 Å². The van der Waals surface area contributed by atoms with Crippen LogP contribution in [0, 0.1) is 6.92 Å². The van der Waals surface area contributed by atoms with Gasteiger partial charge < -0.3 is 4.74 Å². The predicted molar refractivity (Wildman–Crippen MR) is 112 cm³/mol. The molecule has 28 heavy (non-hydrogen) atoms. The molecule has 0 radical (unpaired) electrons. The molecule has 3 aromatic carbocycles. The minimum absolute atomic E-state index is 0.282. The van der Waals surface area contributed by atoms with Crippen LogP contribution in [0.15, 0.2) is 82.4 Å². The van der Waals surface area contributed by atoms with Gasteiger partial charge in [0, 0.05) is 10.0 Å². The minimum atomic E-state index is -0.437. The number of nitrogens with zero attached hydrogens (tertiary/aromatic N) is 1. The van der Waals surface area contributed by atoms with Crippen molar-refractivity contribution in [1.29, 1.82) is 0 Å². The van der Waals surface area contributed by atoms with E-state index < -0.39 is 5.97 Å². The quantitative estimate of drug-likeness (QED) is 0.271. The van der Waals surface area contributed by atoms with Crippen molar-refractivity contribution in [3.63, 3.8) is 0 Å². The minimum Gasteiger partial charge on any atom is -0.423 e. The van der Waals surface area contributed by atoms with Gasteiger partial charge in [-0.2, -0.15) is 5.10 Å². The van der Waals surface area contributed by atoms with Gasteiger partial charge in [-0.1, -0.05) is 39.7 Å². The molecule has 0 heterocycles. The first-order valence-corrected chi connectivity index (χ1v) is 9.28. The lowest BCUT2D eigenvalue weighted by molar-refractivity contribution is 0.0734. The second-order valence-corrected chi connectivity index (χ2v) is 6.95. The molecule has 0 spiro atoms. The summed E-state index contributed by atoms with van der Waals surface area (Å²) in [7, 11) is 0. The lowest BCUT2D eigenvalue weighted by Gasteiger charge is -2.05. The van der Waals surface area contributed by atoms with E-state index in [4.69, 9.17) is 4.74 Å². The number of amides is 1. The molecule has 0 saturated heterocycles. The SMILES string of the molecule is Cc1ccc(C(=O)N/N=C/c2ccc(OC(=O)c3cccc(Br)c3)cc2)cc1. The van der Waals surface area contributed by atoms with Gasteiger partial charge in [-0.05, 0) is 67.1 Å². The number of halogens is 1. The molecule has 6 heteroatoms. The number of carbonyl (C=O) groups excluding carboxylic acids is 2. The Bertz CT molecular complexity index is 1010. The van der Waals surface area contributed by atoms with Gasteiger partial charge in [0.15, 0.2) is 0 Å². The highest BCUT2D eigenvalue weighted by Crippen LogP contribution is 2.16. The largest absolute Gasteiger partial charge is 0.423 e. The normalized spacial score (nSPS) is 10.6. The second kappa shape index (κ2) is 9.10. The van der Waals surface area contributed by atoms with Crippen LogP contribution in [0.5, 0.6) is 5.75 Å². The molecular weight excluding hydrogens is 420 g/mol. The average Bonchev–Trinajstić information content (AvgIpc) is 2.69. The Kier molecular flexibility index (Phi) is 6.34. The molecule has 3 rings (SSSR count). The molecule has 0 fully saturated rings. The highest BCUT2D eigenvalue weighted by Gasteiger charge is 2.08. The lowest BCUT2D eigenvalue weighted by Crippen LogP contribution is -2.17. The van der Waals surface area contributed by atoms with Crippen molar-refractivity contribution in [1.82, 2.24) is 5.43 Å². The average molecular weight is 437 g/mol. The maximum atomic E-state index is 12.1. The van der Waals surface area contributed by atoms with E-state index in [0.717, 1.165) is 15.6 Å².